The van der Waals surface area contributed by atoms with E-state index in [1.54, 1.807) is 17.8 Å². The number of hydrogen-bond donors (Lipinski definition) is 1. The average Bonchev–Trinajstić information content (AvgIpc) is 2.43. The molecule has 1 N–H and O–H groups in total. The predicted molar refractivity (Wildman–Crippen MR) is 80.4 cm³/mol. The van der Waals surface area contributed by atoms with Gasteiger partial charge in [0, 0.05) is 5.75 Å². The van der Waals surface area contributed by atoms with E-state index in [2.05, 4.69) is 5.32 Å². The second-order valence-corrected chi connectivity index (χ2v) is 6.47. The molecule has 2 unspecified atom stereocenters. The molecule has 102 valence electrons. The maximum Gasteiger partial charge on any atom is 0.161 e. The van der Waals surface area contributed by atoms with Crippen molar-refractivity contribution in [2.75, 3.05) is 11.1 Å². The molecule has 0 radical (unpaired) electrons. The predicted octanol–water partition coefficient (Wildman–Crippen LogP) is 4.21. The van der Waals surface area contributed by atoms with Gasteiger partial charge in [0.15, 0.2) is 5.17 Å². The Morgan fingerprint density at radius 3 is 3.05 bits per heavy atom. The Morgan fingerprint density at radius 2 is 2.16 bits per heavy atom. The zero-order valence-electron chi connectivity index (χ0n) is 11.2. The molecule has 19 heavy (non-hydrogen) atoms. The molecule has 1 saturated carbocycles. The van der Waals surface area contributed by atoms with E-state index in [1.165, 1.54) is 31.7 Å². The van der Waals surface area contributed by atoms with Crippen LogP contribution in [-0.2, 0) is 0 Å². The summed E-state index contributed by atoms with van der Waals surface area (Å²) >= 11 is 1.73. The molecule has 1 aromatic rings. The van der Waals surface area contributed by atoms with Gasteiger partial charge in [-0.25, -0.2) is 4.39 Å². The van der Waals surface area contributed by atoms with Gasteiger partial charge >= 0.3 is 0 Å². The number of hydrogen-bond acceptors (Lipinski definition) is 3. The molecule has 1 aliphatic heterocycles. The molecule has 4 heteroatoms. The Bertz CT molecular complexity index is 501. The summed E-state index contributed by atoms with van der Waals surface area (Å²) in [6.07, 6.45) is 5.11. The van der Waals surface area contributed by atoms with Gasteiger partial charge < -0.3 is 5.32 Å². The molecule has 0 bridgehead atoms. The van der Waals surface area contributed by atoms with Gasteiger partial charge in [0.1, 0.15) is 5.82 Å². The summed E-state index contributed by atoms with van der Waals surface area (Å²) in [4.78, 5) is 4.77. The van der Waals surface area contributed by atoms with Crippen molar-refractivity contribution < 1.29 is 4.39 Å². The minimum atomic E-state index is -0.209. The number of rotatable bonds is 1. The van der Waals surface area contributed by atoms with E-state index in [-0.39, 0.29) is 5.82 Å². The van der Waals surface area contributed by atoms with E-state index in [9.17, 15) is 4.39 Å². The molecule has 1 heterocycles. The summed E-state index contributed by atoms with van der Waals surface area (Å²) < 4.78 is 13.7. The van der Waals surface area contributed by atoms with E-state index in [0.717, 1.165) is 22.4 Å². The molecule has 1 aromatic carbocycles. The number of fused-ring (bicyclic) bond motifs is 1. The number of benzene rings is 1. The average molecular weight is 278 g/mol. The maximum absolute atomic E-state index is 13.7. The highest BCUT2D eigenvalue weighted by atomic mass is 32.2. The normalized spacial score (nSPS) is 26.5. The van der Waals surface area contributed by atoms with Crippen molar-refractivity contribution in [3.05, 3.63) is 29.6 Å². The van der Waals surface area contributed by atoms with Crippen LogP contribution < -0.4 is 5.32 Å². The van der Waals surface area contributed by atoms with Crippen LogP contribution >= 0.6 is 11.8 Å². The smallest absolute Gasteiger partial charge is 0.161 e. The Balaban J connectivity index is 1.76. The molecular formula is C15H19FN2S. The summed E-state index contributed by atoms with van der Waals surface area (Å²) in [6, 6.07) is 5.58. The lowest BCUT2D eigenvalue weighted by Gasteiger charge is -2.32. The number of aliphatic imine (C=N–C) groups is 1. The monoisotopic (exact) mass is 278 g/mol. The standard InChI is InChI=1S/C15H19FN2S/c1-10-6-7-12(16)14(8-10)18-15-17-13-5-3-2-4-11(13)9-19-15/h6-8,11,13H,2-5,9H2,1H3,(H,17,18). The SMILES string of the molecule is Cc1ccc(F)c(NC2=NC3CCCCC3CS2)c1. The molecule has 0 amide bonds. The third kappa shape index (κ3) is 2.94. The van der Waals surface area contributed by atoms with Crippen LogP contribution in [0, 0.1) is 18.7 Å². The van der Waals surface area contributed by atoms with Crippen molar-refractivity contribution in [1.29, 1.82) is 0 Å². The second-order valence-electron chi connectivity index (χ2n) is 5.47. The highest BCUT2D eigenvalue weighted by Gasteiger charge is 2.29. The summed E-state index contributed by atoms with van der Waals surface area (Å²) in [5, 5.41) is 4.04. The van der Waals surface area contributed by atoms with Crippen LogP contribution in [0.4, 0.5) is 10.1 Å². The van der Waals surface area contributed by atoms with Crippen LogP contribution in [0.3, 0.4) is 0 Å². The van der Waals surface area contributed by atoms with Crippen molar-refractivity contribution in [3.63, 3.8) is 0 Å². The zero-order chi connectivity index (χ0) is 13.2. The zero-order valence-corrected chi connectivity index (χ0v) is 12.0. The molecule has 2 nitrogen and oxygen atoms in total. The van der Waals surface area contributed by atoms with Gasteiger partial charge in [0.05, 0.1) is 11.7 Å². The first-order valence-electron chi connectivity index (χ1n) is 6.96. The van der Waals surface area contributed by atoms with Crippen LogP contribution in [0.1, 0.15) is 31.2 Å². The quantitative estimate of drug-likeness (QED) is 0.832. The number of thioether (sulfide) groups is 1. The van der Waals surface area contributed by atoms with Gasteiger partial charge in [-0.05, 0) is 43.4 Å². The van der Waals surface area contributed by atoms with Crippen LogP contribution in [0.2, 0.25) is 0 Å². The first-order valence-corrected chi connectivity index (χ1v) is 7.95. The lowest BCUT2D eigenvalue weighted by molar-refractivity contribution is 0.336. The van der Waals surface area contributed by atoms with Crippen molar-refractivity contribution in [2.24, 2.45) is 10.9 Å². The van der Waals surface area contributed by atoms with Crippen LogP contribution in [0.15, 0.2) is 23.2 Å². The van der Waals surface area contributed by atoms with E-state index in [1.807, 2.05) is 13.0 Å². The van der Waals surface area contributed by atoms with Crippen molar-refractivity contribution >= 4 is 22.6 Å². The van der Waals surface area contributed by atoms with Gasteiger partial charge in [-0.3, -0.25) is 4.99 Å². The van der Waals surface area contributed by atoms with Crippen molar-refractivity contribution in [1.82, 2.24) is 0 Å². The van der Waals surface area contributed by atoms with Gasteiger partial charge in [0.25, 0.3) is 0 Å². The summed E-state index contributed by atoms with van der Waals surface area (Å²) in [6.45, 7) is 1.97. The van der Waals surface area contributed by atoms with Gasteiger partial charge in [-0.15, -0.1) is 0 Å². The number of anilines is 1. The number of nitrogens with one attached hydrogen (secondary N) is 1. The van der Waals surface area contributed by atoms with Crippen molar-refractivity contribution in [3.8, 4) is 0 Å². The number of nitrogens with zero attached hydrogens (tertiary/aromatic N) is 1. The largest absolute Gasteiger partial charge is 0.333 e. The summed E-state index contributed by atoms with van der Waals surface area (Å²) in [7, 11) is 0. The minimum absolute atomic E-state index is 0.209. The Kier molecular flexibility index (Phi) is 3.78. The minimum Gasteiger partial charge on any atom is -0.333 e. The van der Waals surface area contributed by atoms with Crippen LogP contribution in [-0.4, -0.2) is 17.0 Å². The van der Waals surface area contributed by atoms with Gasteiger partial charge in [-0.1, -0.05) is 30.7 Å². The van der Waals surface area contributed by atoms with E-state index >= 15 is 0 Å². The fourth-order valence-corrected chi connectivity index (χ4v) is 4.00. The highest BCUT2D eigenvalue weighted by molar-refractivity contribution is 8.14. The molecule has 3 rings (SSSR count). The maximum atomic E-state index is 13.7. The summed E-state index contributed by atoms with van der Waals surface area (Å²) in [5.74, 6) is 1.63. The second kappa shape index (κ2) is 5.53. The third-order valence-corrected chi connectivity index (χ3v) is 5.03. The van der Waals surface area contributed by atoms with E-state index in [4.69, 9.17) is 4.99 Å². The fourth-order valence-electron chi connectivity index (χ4n) is 2.84. The molecule has 2 aliphatic rings. The Morgan fingerprint density at radius 1 is 1.32 bits per heavy atom. The highest BCUT2D eigenvalue weighted by Crippen LogP contribution is 2.34. The number of aryl methyl sites for hydroxylation is 1. The van der Waals surface area contributed by atoms with E-state index < -0.39 is 0 Å². The summed E-state index contributed by atoms with van der Waals surface area (Å²) in [5.41, 5.74) is 1.60. The lowest BCUT2D eigenvalue weighted by Crippen LogP contribution is -2.31. The van der Waals surface area contributed by atoms with Crippen molar-refractivity contribution in [2.45, 2.75) is 38.6 Å². The molecule has 1 fully saturated rings. The first kappa shape index (κ1) is 13.0. The molecule has 2 atom stereocenters. The Hall–Kier alpha value is -1.03. The van der Waals surface area contributed by atoms with E-state index in [0.29, 0.717) is 11.7 Å². The lowest BCUT2D eigenvalue weighted by atomic mass is 9.86. The fraction of sp³-hybridized carbons (Fsp3) is 0.533. The van der Waals surface area contributed by atoms with Gasteiger partial charge in [0.2, 0.25) is 0 Å². The van der Waals surface area contributed by atoms with Gasteiger partial charge in [-0.2, -0.15) is 0 Å². The van der Waals surface area contributed by atoms with Crippen LogP contribution in [0.5, 0.6) is 0 Å². The third-order valence-electron chi connectivity index (χ3n) is 3.95. The first-order chi connectivity index (χ1) is 9.22. The molecule has 0 aromatic heterocycles. The Labute approximate surface area is 117 Å². The molecular weight excluding hydrogens is 259 g/mol. The number of amidine groups is 1. The molecule has 0 saturated heterocycles. The van der Waals surface area contributed by atoms with Crippen LogP contribution in [0.25, 0.3) is 0 Å². The molecule has 0 spiro atoms. The topological polar surface area (TPSA) is 24.4 Å². The number of halogens is 1. The molecule has 1 aliphatic carbocycles.